The number of carbonyl (C=O) groups is 4. The van der Waals surface area contributed by atoms with Crippen LogP contribution in [0.2, 0.25) is 0 Å². The Morgan fingerprint density at radius 1 is 0.303 bits per heavy atom. The van der Waals surface area contributed by atoms with Crippen LogP contribution in [0.4, 0.5) is 0 Å². The molecule has 0 saturated carbocycles. The van der Waals surface area contributed by atoms with Crippen LogP contribution in [-0.2, 0) is 65.4 Å². The summed E-state index contributed by atoms with van der Waals surface area (Å²) < 4.78 is 68.1. The van der Waals surface area contributed by atoms with Gasteiger partial charge in [0.05, 0.1) is 26.4 Å². The van der Waals surface area contributed by atoms with Gasteiger partial charge in [-0.15, -0.1) is 0 Å². The molecule has 0 aromatic carbocycles. The highest BCUT2D eigenvalue weighted by Crippen LogP contribution is 2.45. The zero-order valence-corrected chi connectivity index (χ0v) is 59.4. The molecule has 0 amide bonds. The van der Waals surface area contributed by atoms with E-state index in [1.807, 2.05) is 0 Å². The lowest BCUT2D eigenvalue weighted by Gasteiger charge is -2.21. The minimum atomic E-state index is -4.95. The van der Waals surface area contributed by atoms with Crippen LogP contribution in [0.1, 0.15) is 362 Å². The number of esters is 4. The maximum Gasteiger partial charge on any atom is 0.472 e. The molecule has 0 rings (SSSR count). The second kappa shape index (κ2) is 63.5. The molecule has 89 heavy (non-hydrogen) atoms. The summed E-state index contributed by atoms with van der Waals surface area (Å²) in [6.07, 6.45) is 50.4. The zero-order chi connectivity index (χ0) is 65.6. The topological polar surface area (TPSA) is 237 Å². The van der Waals surface area contributed by atoms with Crippen LogP contribution in [0.25, 0.3) is 0 Å². The van der Waals surface area contributed by atoms with Crippen molar-refractivity contribution in [3.63, 3.8) is 0 Å². The van der Waals surface area contributed by atoms with Crippen molar-refractivity contribution in [2.45, 2.75) is 380 Å². The first-order valence-electron chi connectivity index (χ1n) is 36.6. The summed E-state index contributed by atoms with van der Waals surface area (Å²) >= 11 is 0. The zero-order valence-electron chi connectivity index (χ0n) is 57.6. The van der Waals surface area contributed by atoms with E-state index in [-0.39, 0.29) is 25.7 Å². The van der Waals surface area contributed by atoms with Gasteiger partial charge in [-0.1, -0.05) is 311 Å². The molecule has 0 aliphatic carbocycles. The summed E-state index contributed by atoms with van der Waals surface area (Å²) in [4.78, 5) is 72.3. The summed E-state index contributed by atoms with van der Waals surface area (Å²) in [6, 6.07) is 0. The lowest BCUT2D eigenvalue weighted by atomic mass is 10.0. The summed E-state index contributed by atoms with van der Waals surface area (Å²) in [5.41, 5.74) is 0. The van der Waals surface area contributed by atoms with E-state index in [4.69, 9.17) is 37.0 Å². The van der Waals surface area contributed by atoms with E-state index in [9.17, 15) is 43.2 Å². The maximum atomic E-state index is 13.0. The fourth-order valence-electron chi connectivity index (χ4n) is 10.6. The summed E-state index contributed by atoms with van der Waals surface area (Å²) in [6.45, 7) is 7.14. The van der Waals surface area contributed by atoms with Gasteiger partial charge >= 0.3 is 39.5 Å². The van der Waals surface area contributed by atoms with Gasteiger partial charge in [0.15, 0.2) is 12.2 Å². The van der Waals surface area contributed by atoms with Crippen LogP contribution >= 0.6 is 15.6 Å². The molecule has 0 spiro atoms. The number of aliphatic hydroxyl groups excluding tert-OH is 1. The van der Waals surface area contributed by atoms with E-state index >= 15 is 0 Å². The molecule has 19 heteroatoms. The predicted molar refractivity (Wildman–Crippen MR) is 358 cm³/mol. The molecule has 0 bridgehead atoms. The average molecular weight is 1310 g/mol. The second-order valence-electron chi connectivity index (χ2n) is 25.7. The first kappa shape index (κ1) is 87.1. The molecule has 5 atom stereocenters. The molecule has 528 valence electrons. The Hall–Kier alpha value is -1.94. The van der Waals surface area contributed by atoms with Crippen LogP contribution in [0.3, 0.4) is 0 Å². The quantitative estimate of drug-likeness (QED) is 0.0222. The number of hydrogen-bond donors (Lipinski definition) is 3. The Labute approximate surface area is 543 Å². The standard InChI is InChI=1S/C70H136O17P2/c1-6-9-12-15-17-19-21-23-25-26-27-28-30-32-36-40-45-50-55-69(74)87-66(60-81-68(73)54-49-44-39-35-31-29-24-22-20-18-16-13-10-7-2)62-85-89(78,79)83-58-64(71)57-82-88(76,77)84-61-65(59-80-67(72)53-48-42-14-11-8-3)86-70(75)56-51-46-41-37-33-34-38-43-47-52-63(4)5/h63-66,71H,6-62H2,1-5H3,(H,76,77)(H,78,79)/t64-,65+,66+/m0/s1. The van der Waals surface area contributed by atoms with Crippen molar-refractivity contribution in [1.82, 2.24) is 0 Å². The molecule has 0 aromatic heterocycles. The first-order chi connectivity index (χ1) is 43.0. The van der Waals surface area contributed by atoms with Crippen molar-refractivity contribution in [3.8, 4) is 0 Å². The van der Waals surface area contributed by atoms with Gasteiger partial charge in [0.2, 0.25) is 0 Å². The van der Waals surface area contributed by atoms with E-state index in [0.717, 1.165) is 102 Å². The van der Waals surface area contributed by atoms with Gasteiger partial charge in [0.25, 0.3) is 0 Å². The van der Waals surface area contributed by atoms with Crippen LogP contribution in [0.5, 0.6) is 0 Å². The van der Waals surface area contributed by atoms with Gasteiger partial charge in [-0.25, -0.2) is 9.13 Å². The molecule has 0 saturated heterocycles. The van der Waals surface area contributed by atoms with E-state index < -0.39 is 97.5 Å². The number of rotatable bonds is 70. The molecule has 0 heterocycles. The van der Waals surface area contributed by atoms with E-state index in [1.54, 1.807) is 0 Å². The monoisotopic (exact) mass is 1310 g/mol. The fraction of sp³-hybridized carbons (Fsp3) is 0.943. The minimum Gasteiger partial charge on any atom is -0.462 e. The van der Waals surface area contributed by atoms with Gasteiger partial charge < -0.3 is 33.8 Å². The average Bonchev–Trinajstić information content (AvgIpc) is 3.72. The maximum absolute atomic E-state index is 13.0. The van der Waals surface area contributed by atoms with Crippen molar-refractivity contribution in [1.29, 1.82) is 0 Å². The number of unbranched alkanes of at least 4 members (excludes halogenated alkanes) is 42. The third-order valence-electron chi connectivity index (χ3n) is 16.3. The molecular weight excluding hydrogens is 1170 g/mol. The van der Waals surface area contributed by atoms with Crippen molar-refractivity contribution >= 4 is 39.5 Å². The van der Waals surface area contributed by atoms with Crippen LogP contribution < -0.4 is 0 Å². The smallest absolute Gasteiger partial charge is 0.462 e. The van der Waals surface area contributed by atoms with Crippen LogP contribution in [0.15, 0.2) is 0 Å². The summed E-state index contributed by atoms with van der Waals surface area (Å²) in [5.74, 6) is -1.40. The van der Waals surface area contributed by atoms with E-state index in [1.165, 1.54) is 180 Å². The molecular formula is C70H136O17P2. The Kier molecular flexibility index (Phi) is 62.1. The highest BCUT2D eigenvalue weighted by Gasteiger charge is 2.30. The summed E-state index contributed by atoms with van der Waals surface area (Å²) in [7, 11) is -9.89. The molecule has 0 aliphatic rings. The number of phosphoric acid groups is 2. The second-order valence-corrected chi connectivity index (χ2v) is 28.7. The molecule has 0 aliphatic heterocycles. The van der Waals surface area contributed by atoms with Crippen LogP contribution in [-0.4, -0.2) is 96.7 Å². The largest absolute Gasteiger partial charge is 0.472 e. The van der Waals surface area contributed by atoms with E-state index in [2.05, 4.69) is 34.6 Å². The third-order valence-corrected chi connectivity index (χ3v) is 18.2. The minimum absolute atomic E-state index is 0.105. The number of aliphatic hydroxyl groups is 1. The normalized spacial score (nSPS) is 14.1. The Balaban J connectivity index is 5.15. The molecule has 0 radical (unpaired) electrons. The molecule has 3 N–H and O–H groups in total. The molecule has 17 nitrogen and oxygen atoms in total. The molecule has 0 aromatic rings. The highest BCUT2D eigenvalue weighted by molar-refractivity contribution is 7.47. The van der Waals surface area contributed by atoms with Gasteiger partial charge in [0.1, 0.15) is 19.3 Å². The number of carbonyl (C=O) groups excluding carboxylic acids is 4. The van der Waals surface area contributed by atoms with Crippen molar-refractivity contribution in [2.75, 3.05) is 39.6 Å². The lowest BCUT2D eigenvalue weighted by molar-refractivity contribution is -0.161. The Morgan fingerprint density at radius 2 is 0.517 bits per heavy atom. The van der Waals surface area contributed by atoms with Crippen molar-refractivity contribution in [2.24, 2.45) is 5.92 Å². The number of hydrogen-bond acceptors (Lipinski definition) is 15. The van der Waals surface area contributed by atoms with Crippen LogP contribution in [0, 0.1) is 5.92 Å². The lowest BCUT2D eigenvalue weighted by Crippen LogP contribution is -2.30. The van der Waals surface area contributed by atoms with E-state index in [0.29, 0.717) is 25.7 Å². The number of phosphoric ester groups is 2. The van der Waals surface area contributed by atoms with Crippen molar-refractivity contribution in [3.05, 3.63) is 0 Å². The van der Waals surface area contributed by atoms with Gasteiger partial charge in [-0.05, 0) is 31.6 Å². The first-order valence-corrected chi connectivity index (χ1v) is 39.6. The summed E-state index contributed by atoms with van der Waals surface area (Å²) in [5, 5.41) is 10.6. The van der Waals surface area contributed by atoms with Gasteiger partial charge in [-0.2, -0.15) is 0 Å². The molecule has 0 fully saturated rings. The third kappa shape index (κ3) is 64.6. The highest BCUT2D eigenvalue weighted by atomic mass is 31.2. The van der Waals surface area contributed by atoms with Crippen molar-refractivity contribution < 1.29 is 80.2 Å². The molecule has 2 unspecified atom stereocenters. The number of ether oxygens (including phenoxy) is 4. The SMILES string of the molecule is CCCCCCCCCCCCCCCCCCCCC(=O)O[C@H](COC(=O)CCCCCCCCCCCCCCCC)COP(=O)(O)OC[C@@H](O)COP(=O)(O)OC[C@@H](COC(=O)CCCCCCC)OC(=O)CCCCCCCCCCCC(C)C. The van der Waals surface area contributed by atoms with Gasteiger partial charge in [-0.3, -0.25) is 37.3 Å². The predicted octanol–water partition coefficient (Wildman–Crippen LogP) is 20.1. The fourth-order valence-corrected chi connectivity index (χ4v) is 12.2. The Bertz CT molecular complexity index is 1720. The Morgan fingerprint density at radius 3 is 0.764 bits per heavy atom. The van der Waals surface area contributed by atoms with Gasteiger partial charge in [0, 0.05) is 25.7 Å².